The van der Waals surface area contributed by atoms with Gasteiger partial charge in [-0.2, -0.15) is 0 Å². The van der Waals surface area contributed by atoms with Crippen molar-refractivity contribution in [1.29, 1.82) is 0 Å². The van der Waals surface area contributed by atoms with Gasteiger partial charge in [-0.25, -0.2) is 0 Å². The van der Waals surface area contributed by atoms with Crippen molar-refractivity contribution in [2.45, 2.75) is 59.4 Å². The molecule has 0 unspecified atom stereocenters. The van der Waals surface area contributed by atoms with Gasteiger partial charge in [0.15, 0.2) is 17.3 Å². The molecular formula is C24H28N2O7. The van der Waals surface area contributed by atoms with Crippen molar-refractivity contribution in [3.05, 3.63) is 39.8 Å². The Hall–Kier alpha value is -3.62. The monoisotopic (exact) mass is 456 g/mol. The van der Waals surface area contributed by atoms with Crippen LogP contribution in [0.2, 0.25) is 0 Å². The molecule has 0 saturated carbocycles. The number of amides is 1. The summed E-state index contributed by atoms with van der Waals surface area (Å²) in [7, 11) is 0. The molecule has 176 valence electrons. The number of fused-ring (bicyclic) bond motifs is 3. The number of phenols is 2. The van der Waals surface area contributed by atoms with Crippen LogP contribution < -0.4 is 15.8 Å². The second-order valence-electron chi connectivity index (χ2n) is 9.12. The minimum atomic E-state index is -1.62. The minimum absolute atomic E-state index is 0.00526. The third kappa shape index (κ3) is 3.57. The number of hydrogen-bond donors (Lipinski definition) is 4. The molecule has 0 radical (unpaired) electrons. The highest BCUT2D eigenvalue weighted by atomic mass is 16.5. The molecule has 0 aromatic heterocycles. The van der Waals surface area contributed by atoms with E-state index in [1.807, 2.05) is 13.8 Å². The fourth-order valence-corrected chi connectivity index (χ4v) is 4.41. The van der Waals surface area contributed by atoms with Crippen molar-refractivity contribution in [3.63, 3.8) is 0 Å². The second-order valence-corrected chi connectivity index (χ2v) is 9.12. The van der Waals surface area contributed by atoms with Crippen molar-refractivity contribution in [2.24, 2.45) is 11.7 Å². The third-order valence-electron chi connectivity index (χ3n) is 6.20. The average Bonchev–Trinajstić information content (AvgIpc) is 2.98. The van der Waals surface area contributed by atoms with Crippen LogP contribution in [-0.4, -0.2) is 39.5 Å². The van der Waals surface area contributed by atoms with Crippen LogP contribution >= 0.6 is 0 Å². The van der Waals surface area contributed by atoms with E-state index in [-0.39, 0.29) is 45.4 Å². The van der Waals surface area contributed by atoms with E-state index >= 15 is 0 Å². The Morgan fingerprint density at radius 1 is 1.18 bits per heavy atom. The Labute approximate surface area is 191 Å². The quantitative estimate of drug-likeness (QED) is 0.288. The van der Waals surface area contributed by atoms with Gasteiger partial charge in [0, 0.05) is 17.3 Å². The Balaban J connectivity index is 2.21. The van der Waals surface area contributed by atoms with Gasteiger partial charge < -0.3 is 26.0 Å². The zero-order chi connectivity index (χ0) is 25.0. The topological polar surface area (TPSA) is 156 Å². The number of ether oxygens (including phenoxy) is 1. The standard InChI is InChI=1S/C24H28N2O7/c1-9(2)7-13(23(25)32)26-11(4)16-14(28)8-15-24(6,22(16)31)18-20(30)10(3)19(29)17(12(5)27)21(18)33-15/h8-9,13,26,29-30H,7H2,1-6H3,(H2,25,32)/b16-11+/t13-,24-/m0/s1. The maximum absolute atomic E-state index is 13.7. The SMILES string of the molecule is CC(=O)c1c(O)c(C)c(O)c2c1OC1=CC(=O)/C(=C(/C)N[C@@H](CC(C)C)C(N)=O)C(=O)[C@@]12C. The fraction of sp³-hybridized carbons (Fsp3) is 0.417. The summed E-state index contributed by atoms with van der Waals surface area (Å²) in [5.74, 6) is -3.40. The molecule has 0 saturated heterocycles. The van der Waals surface area contributed by atoms with Gasteiger partial charge in [-0.05, 0) is 40.0 Å². The Morgan fingerprint density at radius 3 is 2.30 bits per heavy atom. The van der Waals surface area contributed by atoms with E-state index in [0.717, 1.165) is 6.08 Å². The van der Waals surface area contributed by atoms with E-state index in [0.29, 0.717) is 6.42 Å². The molecule has 0 fully saturated rings. The first-order chi connectivity index (χ1) is 15.2. The minimum Gasteiger partial charge on any atom is -0.507 e. The molecule has 1 heterocycles. The van der Waals surface area contributed by atoms with Gasteiger partial charge in [0.05, 0.1) is 11.1 Å². The number of nitrogens with two attached hydrogens (primary N) is 1. The third-order valence-corrected chi connectivity index (χ3v) is 6.20. The number of ketones is 3. The lowest BCUT2D eigenvalue weighted by Gasteiger charge is -2.29. The first kappa shape index (κ1) is 24.0. The van der Waals surface area contributed by atoms with Crippen molar-refractivity contribution in [3.8, 4) is 17.2 Å². The normalized spacial score (nSPS) is 21.7. The smallest absolute Gasteiger partial charge is 0.239 e. The molecule has 1 aliphatic heterocycles. The van der Waals surface area contributed by atoms with Crippen LogP contribution in [-0.2, 0) is 19.8 Å². The van der Waals surface area contributed by atoms with Crippen LogP contribution in [0.3, 0.4) is 0 Å². The number of aromatic hydroxyl groups is 2. The van der Waals surface area contributed by atoms with Gasteiger partial charge in [0.2, 0.25) is 5.91 Å². The lowest BCUT2D eigenvalue weighted by atomic mass is 9.70. The van der Waals surface area contributed by atoms with Crippen molar-refractivity contribution in [1.82, 2.24) is 5.32 Å². The summed E-state index contributed by atoms with van der Waals surface area (Å²) < 4.78 is 5.73. The number of Topliss-reactive ketones (excluding diaryl/α,β-unsaturated/α-hetero) is 2. The number of rotatable bonds is 6. The molecule has 2 aliphatic rings. The number of allylic oxidation sites excluding steroid dienone is 4. The number of hydrogen-bond acceptors (Lipinski definition) is 8. The zero-order valence-electron chi connectivity index (χ0n) is 19.5. The number of benzene rings is 1. The maximum atomic E-state index is 13.7. The van der Waals surface area contributed by atoms with Crippen LogP contribution in [0.1, 0.15) is 62.5 Å². The number of carbonyl (C=O) groups excluding carboxylic acids is 4. The van der Waals surface area contributed by atoms with E-state index < -0.39 is 46.2 Å². The van der Waals surface area contributed by atoms with Crippen LogP contribution in [0, 0.1) is 12.8 Å². The van der Waals surface area contributed by atoms with Crippen LogP contribution in [0.15, 0.2) is 23.1 Å². The number of nitrogens with one attached hydrogen (secondary N) is 1. The van der Waals surface area contributed by atoms with Crippen LogP contribution in [0.5, 0.6) is 17.2 Å². The molecule has 9 heteroatoms. The number of phenolic OH excluding ortho intramolecular Hbond substituents is 2. The van der Waals surface area contributed by atoms with Crippen molar-refractivity contribution in [2.75, 3.05) is 0 Å². The van der Waals surface area contributed by atoms with Gasteiger partial charge >= 0.3 is 0 Å². The molecule has 33 heavy (non-hydrogen) atoms. The summed E-state index contributed by atoms with van der Waals surface area (Å²) in [5.41, 5.74) is 3.68. The molecule has 9 nitrogen and oxygen atoms in total. The van der Waals surface area contributed by atoms with E-state index in [9.17, 15) is 29.4 Å². The lowest BCUT2D eigenvalue weighted by molar-refractivity contribution is -0.124. The Morgan fingerprint density at radius 2 is 1.79 bits per heavy atom. The van der Waals surface area contributed by atoms with E-state index in [2.05, 4.69) is 5.32 Å². The Bertz CT molecular complexity index is 1180. The summed E-state index contributed by atoms with van der Waals surface area (Å²) in [6.45, 7) is 9.43. The average molecular weight is 456 g/mol. The van der Waals surface area contributed by atoms with E-state index in [1.54, 1.807) is 0 Å². The van der Waals surface area contributed by atoms with Crippen molar-refractivity contribution >= 4 is 23.3 Å². The second kappa shape index (κ2) is 8.06. The van der Waals surface area contributed by atoms with E-state index in [4.69, 9.17) is 10.5 Å². The first-order valence-corrected chi connectivity index (χ1v) is 10.6. The summed E-state index contributed by atoms with van der Waals surface area (Å²) in [4.78, 5) is 50.8. The molecule has 5 N–H and O–H groups in total. The molecule has 0 spiro atoms. The first-order valence-electron chi connectivity index (χ1n) is 10.6. The van der Waals surface area contributed by atoms with Gasteiger partial charge in [0.25, 0.3) is 0 Å². The molecule has 0 bridgehead atoms. The lowest BCUT2D eigenvalue weighted by Crippen LogP contribution is -2.45. The molecule has 1 amide bonds. The fourth-order valence-electron chi connectivity index (χ4n) is 4.41. The van der Waals surface area contributed by atoms with Gasteiger partial charge in [0.1, 0.15) is 40.0 Å². The van der Waals surface area contributed by atoms with Gasteiger partial charge in [-0.3, -0.25) is 19.2 Å². The Kier molecular flexibility index (Phi) is 5.87. The summed E-state index contributed by atoms with van der Waals surface area (Å²) in [5, 5.41) is 24.1. The predicted octanol–water partition coefficient (Wildman–Crippen LogP) is 2.06. The predicted molar refractivity (Wildman–Crippen MR) is 119 cm³/mol. The van der Waals surface area contributed by atoms with Crippen LogP contribution in [0.4, 0.5) is 0 Å². The van der Waals surface area contributed by atoms with Crippen LogP contribution in [0.25, 0.3) is 0 Å². The van der Waals surface area contributed by atoms with Gasteiger partial charge in [-0.15, -0.1) is 0 Å². The largest absolute Gasteiger partial charge is 0.507 e. The highest BCUT2D eigenvalue weighted by Gasteiger charge is 2.56. The summed E-state index contributed by atoms with van der Waals surface area (Å²) in [6, 6.07) is -0.791. The molecular weight excluding hydrogens is 428 g/mol. The molecule has 3 rings (SSSR count). The number of carbonyl (C=O) groups is 4. The van der Waals surface area contributed by atoms with Crippen molar-refractivity contribution < 1.29 is 34.1 Å². The summed E-state index contributed by atoms with van der Waals surface area (Å²) >= 11 is 0. The molecule has 1 aliphatic carbocycles. The highest BCUT2D eigenvalue weighted by Crippen LogP contribution is 2.57. The number of primary amides is 1. The zero-order valence-corrected chi connectivity index (χ0v) is 19.5. The molecule has 1 aromatic carbocycles. The summed E-state index contributed by atoms with van der Waals surface area (Å²) in [6.07, 6.45) is 1.52. The maximum Gasteiger partial charge on any atom is 0.239 e. The molecule has 1 aromatic rings. The molecule has 2 atom stereocenters. The highest BCUT2D eigenvalue weighted by molar-refractivity contribution is 6.31. The van der Waals surface area contributed by atoms with E-state index in [1.165, 1.54) is 27.7 Å². The van der Waals surface area contributed by atoms with Gasteiger partial charge in [-0.1, -0.05) is 13.8 Å².